The fourth-order valence-corrected chi connectivity index (χ4v) is 5.03. The first-order chi connectivity index (χ1) is 13.3. The van der Waals surface area contributed by atoms with E-state index in [1.165, 1.54) is 31.4 Å². The first-order valence-corrected chi connectivity index (χ1v) is 10.3. The number of aliphatic hydroxyl groups excluding tert-OH is 1. The van der Waals surface area contributed by atoms with E-state index in [2.05, 4.69) is 0 Å². The number of hydrogen-bond donors (Lipinski definition) is 1. The van der Waals surface area contributed by atoms with Crippen molar-refractivity contribution in [1.29, 1.82) is 0 Å². The van der Waals surface area contributed by atoms with Crippen molar-refractivity contribution >= 4 is 11.5 Å². The Kier molecular flexibility index (Phi) is 6.15. The molecule has 1 fully saturated rings. The number of aryl methyl sites for hydroxylation is 3. The molecule has 1 amide bonds. The van der Waals surface area contributed by atoms with Gasteiger partial charge in [0.15, 0.2) is 6.79 Å². The lowest BCUT2D eigenvalue weighted by molar-refractivity contribution is -0.244. The highest BCUT2D eigenvalue weighted by atomic mass is 16.8. The number of carbonyl (C=O) groups excluding carboxylic acids is 1. The van der Waals surface area contributed by atoms with E-state index in [-0.39, 0.29) is 18.5 Å². The molecule has 0 bridgehead atoms. The second-order valence-corrected chi connectivity index (χ2v) is 8.61. The Morgan fingerprint density at radius 2 is 1.75 bits per heavy atom. The Bertz CT molecular complexity index is 756. The number of methoxy groups -OCH3 is 1. The van der Waals surface area contributed by atoms with Gasteiger partial charge in [-0.25, -0.2) is 9.90 Å². The summed E-state index contributed by atoms with van der Waals surface area (Å²) in [6, 6.07) is 4.10. The number of benzene rings is 1. The van der Waals surface area contributed by atoms with Crippen LogP contribution in [0.3, 0.4) is 0 Å². The average molecular weight is 388 g/mol. The zero-order valence-electron chi connectivity index (χ0n) is 17.8. The number of aliphatic hydroxyl groups is 1. The highest BCUT2D eigenvalue weighted by molar-refractivity contribution is 6.23. The number of carbonyl (C=O) groups is 1. The zero-order chi connectivity index (χ0) is 20.5. The summed E-state index contributed by atoms with van der Waals surface area (Å²) >= 11 is 0. The summed E-state index contributed by atoms with van der Waals surface area (Å²) in [5.74, 6) is 0.305. The Balaban J connectivity index is 2.06. The maximum absolute atomic E-state index is 13.4. The predicted molar refractivity (Wildman–Crippen MR) is 110 cm³/mol. The molecule has 1 aromatic rings. The number of nitrogens with zero attached hydrogens (tertiary/aromatic N) is 1. The molecule has 1 atom stereocenters. The van der Waals surface area contributed by atoms with Crippen LogP contribution in [0.2, 0.25) is 0 Å². The van der Waals surface area contributed by atoms with Crippen LogP contribution >= 0.6 is 0 Å². The summed E-state index contributed by atoms with van der Waals surface area (Å²) < 4.78 is 5.06. The lowest BCUT2D eigenvalue weighted by atomic mass is 9.79. The monoisotopic (exact) mass is 387 g/mol. The molecule has 0 aromatic heterocycles. The number of ether oxygens (including phenoxy) is 1. The van der Waals surface area contributed by atoms with Gasteiger partial charge in [0.2, 0.25) is 0 Å². The Labute approximate surface area is 168 Å². The van der Waals surface area contributed by atoms with Crippen molar-refractivity contribution in [2.45, 2.75) is 71.8 Å². The quantitative estimate of drug-likeness (QED) is 0.699. The van der Waals surface area contributed by atoms with Gasteiger partial charge in [-0.05, 0) is 56.7 Å². The van der Waals surface area contributed by atoms with Crippen molar-refractivity contribution < 1.29 is 19.5 Å². The van der Waals surface area contributed by atoms with Gasteiger partial charge in [0.25, 0.3) is 5.91 Å². The first kappa shape index (κ1) is 20.9. The molecule has 154 valence electrons. The largest absolute Gasteiger partial charge is 0.509 e. The van der Waals surface area contributed by atoms with E-state index in [4.69, 9.17) is 9.57 Å². The van der Waals surface area contributed by atoms with Crippen molar-refractivity contribution in [2.24, 2.45) is 5.92 Å². The number of hydroxylamine groups is 2. The van der Waals surface area contributed by atoms with Crippen molar-refractivity contribution in [1.82, 2.24) is 5.06 Å². The van der Waals surface area contributed by atoms with Crippen LogP contribution in [0.1, 0.15) is 67.7 Å². The first-order valence-electron chi connectivity index (χ1n) is 10.3. The van der Waals surface area contributed by atoms with E-state index in [1.54, 1.807) is 0 Å². The Morgan fingerprint density at radius 1 is 1.14 bits per heavy atom. The minimum atomic E-state index is -0.878. The van der Waals surface area contributed by atoms with E-state index in [1.807, 2.05) is 39.8 Å². The van der Waals surface area contributed by atoms with E-state index in [0.29, 0.717) is 17.9 Å². The molecule has 2 aliphatic rings. The SMILES string of the molecule is COCON1C(=O)C(c2c(C)cc(C)cc2C)=C(O)C1(C)CC1CCCCC1. The molecule has 3 rings (SSSR count). The summed E-state index contributed by atoms with van der Waals surface area (Å²) in [6.07, 6.45) is 6.65. The summed E-state index contributed by atoms with van der Waals surface area (Å²) in [4.78, 5) is 19.1. The van der Waals surface area contributed by atoms with Crippen LogP contribution in [0.15, 0.2) is 17.9 Å². The van der Waals surface area contributed by atoms with Crippen LogP contribution in [0.4, 0.5) is 0 Å². The van der Waals surface area contributed by atoms with Gasteiger partial charge in [0.05, 0.1) is 5.57 Å². The minimum Gasteiger partial charge on any atom is -0.509 e. The Hall–Kier alpha value is -1.85. The minimum absolute atomic E-state index is 0.0293. The number of amides is 1. The van der Waals surface area contributed by atoms with Crippen molar-refractivity contribution in [3.05, 3.63) is 40.1 Å². The van der Waals surface area contributed by atoms with Crippen LogP contribution in [-0.2, 0) is 14.4 Å². The number of rotatable bonds is 6. The molecule has 0 spiro atoms. The highest BCUT2D eigenvalue weighted by Crippen LogP contribution is 2.46. The maximum Gasteiger partial charge on any atom is 0.282 e. The lowest BCUT2D eigenvalue weighted by Gasteiger charge is -2.37. The number of hydrogen-bond acceptors (Lipinski definition) is 4. The van der Waals surface area contributed by atoms with Gasteiger partial charge in [-0.15, -0.1) is 0 Å². The molecular weight excluding hydrogens is 354 g/mol. The molecule has 1 aliphatic carbocycles. The molecule has 1 heterocycles. The summed E-state index contributed by atoms with van der Waals surface area (Å²) in [5.41, 5.74) is 3.41. The summed E-state index contributed by atoms with van der Waals surface area (Å²) in [5, 5.41) is 12.7. The van der Waals surface area contributed by atoms with Crippen LogP contribution in [0.5, 0.6) is 0 Å². The van der Waals surface area contributed by atoms with Crippen LogP contribution < -0.4 is 0 Å². The maximum atomic E-state index is 13.4. The van der Waals surface area contributed by atoms with E-state index in [0.717, 1.165) is 35.1 Å². The van der Waals surface area contributed by atoms with Gasteiger partial charge in [-0.2, -0.15) is 0 Å². The molecule has 1 unspecified atom stereocenters. The molecule has 1 aromatic carbocycles. The van der Waals surface area contributed by atoms with E-state index < -0.39 is 5.54 Å². The summed E-state index contributed by atoms with van der Waals surface area (Å²) in [7, 11) is 1.53. The smallest absolute Gasteiger partial charge is 0.282 e. The average Bonchev–Trinajstić information content (AvgIpc) is 2.81. The molecule has 5 nitrogen and oxygen atoms in total. The molecule has 0 saturated heterocycles. The van der Waals surface area contributed by atoms with E-state index in [9.17, 15) is 9.90 Å². The molecule has 1 N–H and O–H groups in total. The van der Waals surface area contributed by atoms with Crippen molar-refractivity contribution in [3.8, 4) is 0 Å². The molecule has 1 saturated carbocycles. The van der Waals surface area contributed by atoms with E-state index >= 15 is 0 Å². The van der Waals surface area contributed by atoms with Crippen LogP contribution in [-0.4, -0.2) is 35.5 Å². The predicted octanol–water partition coefficient (Wildman–Crippen LogP) is 4.99. The third kappa shape index (κ3) is 3.70. The third-order valence-corrected chi connectivity index (χ3v) is 6.23. The Morgan fingerprint density at radius 3 is 2.32 bits per heavy atom. The molecule has 1 aliphatic heterocycles. The molecular formula is C23H33NO4. The molecule has 5 heteroatoms. The van der Waals surface area contributed by atoms with Gasteiger partial charge in [0.1, 0.15) is 11.3 Å². The van der Waals surface area contributed by atoms with Gasteiger partial charge in [0, 0.05) is 7.11 Å². The highest BCUT2D eigenvalue weighted by Gasteiger charge is 2.52. The van der Waals surface area contributed by atoms with Gasteiger partial charge in [-0.1, -0.05) is 49.8 Å². The van der Waals surface area contributed by atoms with Gasteiger partial charge >= 0.3 is 0 Å². The molecule has 28 heavy (non-hydrogen) atoms. The third-order valence-electron chi connectivity index (χ3n) is 6.23. The molecule has 0 radical (unpaired) electrons. The fourth-order valence-electron chi connectivity index (χ4n) is 5.03. The zero-order valence-corrected chi connectivity index (χ0v) is 17.8. The lowest BCUT2D eigenvalue weighted by Crippen LogP contribution is -2.47. The standard InChI is InChI=1S/C23H33NO4/c1-15-11-16(2)19(17(3)12-15)20-21(25)23(4,13-18-9-7-6-8-10-18)24(22(20)26)28-14-27-5/h11-12,18,25H,6-10,13-14H2,1-5H3. The van der Waals surface area contributed by atoms with Gasteiger partial charge < -0.3 is 9.84 Å². The normalized spacial score (nSPS) is 23.8. The van der Waals surface area contributed by atoms with Crippen molar-refractivity contribution in [3.63, 3.8) is 0 Å². The fraction of sp³-hybridized carbons (Fsp3) is 0.609. The van der Waals surface area contributed by atoms with Gasteiger partial charge in [-0.3, -0.25) is 4.79 Å². The second-order valence-electron chi connectivity index (χ2n) is 8.61. The van der Waals surface area contributed by atoms with Crippen LogP contribution in [0, 0.1) is 26.7 Å². The topological polar surface area (TPSA) is 59.0 Å². The van der Waals surface area contributed by atoms with Crippen LogP contribution in [0.25, 0.3) is 5.57 Å². The second kappa shape index (κ2) is 8.26. The van der Waals surface area contributed by atoms with Crippen molar-refractivity contribution in [2.75, 3.05) is 13.9 Å². The summed E-state index contributed by atoms with van der Waals surface area (Å²) in [6.45, 7) is 7.89.